The number of nitrogens with zero attached hydrogens (tertiary/aromatic N) is 1. The number of methoxy groups -OCH3 is 2. The Morgan fingerprint density at radius 1 is 1.00 bits per heavy atom. The van der Waals surface area contributed by atoms with Crippen LogP contribution in [0.25, 0.3) is 0 Å². The molecule has 1 N–H and O–H groups in total. The predicted octanol–water partition coefficient (Wildman–Crippen LogP) is 4.72. The highest BCUT2D eigenvalue weighted by atomic mass is 32.2. The lowest BCUT2D eigenvalue weighted by Crippen LogP contribution is -2.30. The van der Waals surface area contributed by atoms with Gasteiger partial charge in [-0.2, -0.15) is 0 Å². The number of ether oxygens (including phenoxy) is 2. The van der Waals surface area contributed by atoms with Crippen LogP contribution in [0, 0.1) is 6.92 Å². The molecule has 0 fully saturated rings. The van der Waals surface area contributed by atoms with Crippen LogP contribution >= 0.6 is 0 Å². The van der Waals surface area contributed by atoms with Crippen LogP contribution in [0.2, 0.25) is 0 Å². The fourth-order valence-corrected chi connectivity index (χ4v) is 4.91. The van der Waals surface area contributed by atoms with Crippen LogP contribution in [0.5, 0.6) is 11.5 Å². The van der Waals surface area contributed by atoms with Crippen LogP contribution in [-0.2, 0) is 10.0 Å². The van der Waals surface area contributed by atoms with Gasteiger partial charge in [0.2, 0.25) is 0 Å². The maximum Gasteiger partial charge on any atom is 0.264 e. The van der Waals surface area contributed by atoms with Crippen molar-refractivity contribution in [3.05, 3.63) is 83.4 Å². The quantitative estimate of drug-likeness (QED) is 0.477. The summed E-state index contributed by atoms with van der Waals surface area (Å²) in [4.78, 5) is 13.2. The van der Waals surface area contributed by atoms with Crippen LogP contribution in [0.3, 0.4) is 0 Å². The van der Waals surface area contributed by atoms with Crippen molar-refractivity contribution in [3.63, 3.8) is 0 Å². The summed E-state index contributed by atoms with van der Waals surface area (Å²) in [6.45, 7) is 3.76. The Balaban J connectivity index is 1.90. The molecule has 7 nitrogen and oxygen atoms in total. The van der Waals surface area contributed by atoms with E-state index >= 15 is 0 Å². The van der Waals surface area contributed by atoms with E-state index in [1.165, 1.54) is 26.3 Å². The molecule has 34 heavy (non-hydrogen) atoms. The number of hydrogen-bond donors (Lipinski definition) is 1. The summed E-state index contributed by atoms with van der Waals surface area (Å²) >= 11 is 0. The Hall–Kier alpha value is -3.52. The van der Waals surface area contributed by atoms with Gasteiger partial charge in [-0.1, -0.05) is 37.3 Å². The summed E-state index contributed by atoms with van der Waals surface area (Å²) in [7, 11) is 0.617. The first kappa shape index (κ1) is 25.1. The summed E-state index contributed by atoms with van der Waals surface area (Å²) in [5.74, 6) is 0.832. The second-order valence-electron chi connectivity index (χ2n) is 7.83. The first-order valence-electron chi connectivity index (χ1n) is 10.9. The molecule has 1 atom stereocenters. The molecule has 3 aromatic rings. The number of sulfonamides is 1. The Labute approximate surface area is 201 Å². The minimum atomic E-state index is -3.93. The minimum absolute atomic E-state index is 0.0224. The second kappa shape index (κ2) is 10.6. The Kier molecular flexibility index (Phi) is 7.83. The average molecular weight is 483 g/mol. The van der Waals surface area contributed by atoms with Crippen molar-refractivity contribution in [1.29, 1.82) is 0 Å². The average Bonchev–Trinajstić information content (AvgIpc) is 2.86. The normalized spacial score (nSPS) is 12.0. The van der Waals surface area contributed by atoms with Crippen LogP contribution in [0.1, 0.15) is 40.9 Å². The highest BCUT2D eigenvalue weighted by Crippen LogP contribution is 2.31. The summed E-state index contributed by atoms with van der Waals surface area (Å²) in [6, 6.07) is 18.7. The molecule has 0 saturated carbocycles. The lowest BCUT2D eigenvalue weighted by atomic mass is 10.0. The van der Waals surface area contributed by atoms with E-state index in [0.717, 1.165) is 15.6 Å². The fourth-order valence-electron chi connectivity index (χ4n) is 3.68. The van der Waals surface area contributed by atoms with Gasteiger partial charge in [-0.3, -0.25) is 9.10 Å². The third-order valence-electron chi connectivity index (χ3n) is 5.77. The maximum atomic E-state index is 13.4. The molecule has 0 aliphatic rings. The third kappa shape index (κ3) is 5.17. The van der Waals surface area contributed by atoms with Crippen molar-refractivity contribution < 1.29 is 22.7 Å². The van der Waals surface area contributed by atoms with Crippen LogP contribution in [0.15, 0.2) is 71.6 Å². The SMILES string of the molecule is CCC(NC(=O)c1cc(S(=O)(=O)N(C)c2ccccc2OC)ccc1C)c1ccc(OC)cc1. The standard InChI is InChI=1S/C26H30N2O5S/c1-6-23(19-12-14-20(32-4)15-13-19)27-26(29)22-17-21(16-11-18(22)2)34(30,31)28(3)24-9-7-8-10-25(24)33-5/h7-17,23H,6H2,1-5H3,(H,27,29). The smallest absolute Gasteiger partial charge is 0.264 e. The van der Waals surface area contributed by atoms with Crippen molar-refractivity contribution >= 4 is 21.6 Å². The summed E-state index contributed by atoms with van der Waals surface area (Å²) in [5.41, 5.74) is 2.33. The van der Waals surface area contributed by atoms with Gasteiger partial charge in [0, 0.05) is 12.6 Å². The molecule has 0 spiro atoms. The number of carbonyl (C=O) groups is 1. The highest BCUT2D eigenvalue weighted by Gasteiger charge is 2.26. The Morgan fingerprint density at radius 3 is 2.29 bits per heavy atom. The lowest BCUT2D eigenvalue weighted by molar-refractivity contribution is 0.0934. The first-order valence-corrected chi connectivity index (χ1v) is 12.3. The molecule has 3 aromatic carbocycles. The van der Waals surface area contributed by atoms with E-state index in [0.29, 0.717) is 29.0 Å². The lowest BCUT2D eigenvalue weighted by Gasteiger charge is -2.22. The number of anilines is 1. The van der Waals surface area contributed by atoms with E-state index in [2.05, 4.69) is 5.32 Å². The molecular formula is C26H30N2O5S. The number of aryl methyl sites for hydroxylation is 1. The van der Waals surface area contributed by atoms with Gasteiger partial charge in [-0.05, 0) is 60.9 Å². The molecule has 0 saturated heterocycles. The van der Waals surface area contributed by atoms with Gasteiger partial charge in [0.15, 0.2) is 0 Å². The number of benzene rings is 3. The van der Waals surface area contributed by atoms with Crippen LogP contribution in [0.4, 0.5) is 5.69 Å². The molecule has 0 heterocycles. The van der Waals surface area contributed by atoms with E-state index < -0.39 is 10.0 Å². The molecule has 8 heteroatoms. The zero-order valence-corrected chi connectivity index (χ0v) is 20.8. The van der Waals surface area contributed by atoms with E-state index in [1.54, 1.807) is 44.4 Å². The topological polar surface area (TPSA) is 84.9 Å². The summed E-state index contributed by atoms with van der Waals surface area (Å²) in [6.07, 6.45) is 0.672. The van der Waals surface area contributed by atoms with E-state index in [-0.39, 0.29) is 16.8 Å². The molecule has 180 valence electrons. The Bertz CT molecular complexity index is 1260. The van der Waals surface area contributed by atoms with Crippen LogP contribution < -0.4 is 19.1 Å². The van der Waals surface area contributed by atoms with E-state index in [1.807, 2.05) is 31.2 Å². The molecule has 0 bridgehead atoms. The van der Waals surface area contributed by atoms with E-state index in [4.69, 9.17) is 9.47 Å². The molecule has 0 aliphatic heterocycles. The summed E-state index contributed by atoms with van der Waals surface area (Å²) < 4.78 is 38.4. The van der Waals surface area contributed by atoms with Gasteiger partial charge >= 0.3 is 0 Å². The van der Waals surface area contributed by atoms with Crippen molar-refractivity contribution in [2.24, 2.45) is 0 Å². The minimum Gasteiger partial charge on any atom is -0.497 e. The second-order valence-corrected chi connectivity index (χ2v) is 9.80. The van der Waals surface area contributed by atoms with Gasteiger partial charge in [0.1, 0.15) is 11.5 Å². The zero-order chi connectivity index (χ0) is 24.9. The highest BCUT2D eigenvalue weighted by molar-refractivity contribution is 7.92. The monoisotopic (exact) mass is 482 g/mol. The van der Waals surface area contributed by atoms with Crippen molar-refractivity contribution in [2.75, 3.05) is 25.6 Å². The first-order chi connectivity index (χ1) is 16.2. The molecule has 3 rings (SSSR count). The molecule has 0 aromatic heterocycles. The molecular weight excluding hydrogens is 452 g/mol. The van der Waals surface area contributed by atoms with Gasteiger partial charge in [-0.25, -0.2) is 8.42 Å². The number of rotatable bonds is 9. The van der Waals surface area contributed by atoms with Gasteiger partial charge < -0.3 is 14.8 Å². The number of nitrogens with one attached hydrogen (secondary N) is 1. The number of amides is 1. The summed E-state index contributed by atoms with van der Waals surface area (Å²) in [5, 5.41) is 3.03. The third-order valence-corrected chi connectivity index (χ3v) is 7.54. The molecule has 0 aliphatic carbocycles. The molecule has 1 amide bonds. The maximum absolute atomic E-state index is 13.4. The van der Waals surface area contributed by atoms with Gasteiger partial charge in [0.25, 0.3) is 15.9 Å². The predicted molar refractivity (Wildman–Crippen MR) is 133 cm³/mol. The number of hydrogen-bond acceptors (Lipinski definition) is 5. The number of para-hydroxylation sites is 2. The van der Waals surface area contributed by atoms with Crippen molar-refractivity contribution in [2.45, 2.75) is 31.2 Å². The van der Waals surface area contributed by atoms with Gasteiger partial charge in [0.05, 0.1) is 30.8 Å². The van der Waals surface area contributed by atoms with Crippen molar-refractivity contribution in [3.8, 4) is 11.5 Å². The Morgan fingerprint density at radius 2 is 1.68 bits per heavy atom. The van der Waals surface area contributed by atoms with Gasteiger partial charge in [-0.15, -0.1) is 0 Å². The zero-order valence-electron chi connectivity index (χ0n) is 20.0. The molecule has 0 radical (unpaired) electrons. The van der Waals surface area contributed by atoms with E-state index in [9.17, 15) is 13.2 Å². The largest absolute Gasteiger partial charge is 0.497 e. The van der Waals surface area contributed by atoms with Crippen LogP contribution in [-0.4, -0.2) is 35.6 Å². The molecule has 1 unspecified atom stereocenters. The fraction of sp³-hybridized carbons (Fsp3) is 0.269. The number of carbonyl (C=O) groups excluding carboxylic acids is 1. The van der Waals surface area contributed by atoms with Crippen molar-refractivity contribution in [1.82, 2.24) is 5.32 Å².